The monoisotopic (exact) mass is 250 g/mol. The van der Waals surface area contributed by atoms with Crippen LogP contribution in [0.25, 0.3) is 16.5 Å². The predicted molar refractivity (Wildman–Crippen MR) is 74.1 cm³/mol. The number of benzene rings is 1. The Balaban J connectivity index is 2.00. The molecule has 2 atom stereocenters. The van der Waals surface area contributed by atoms with E-state index in [0.29, 0.717) is 6.54 Å². The van der Waals surface area contributed by atoms with Crippen molar-refractivity contribution in [1.82, 2.24) is 9.88 Å². The minimum Gasteiger partial charge on any atom is -0.361 e. The highest BCUT2D eigenvalue weighted by molar-refractivity contribution is 5.98. The molecule has 4 rings (SSSR count). The summed E-state index contributed by atoms with van der Waals surface area (Å²) in [7, 11) is 0. The van der Waals surface area contributed by atoms with Gasteiger partial charge in [0.1, 0.15) is 0 Å². The maximum Gasteiger partial charge on any atom is 0.179 e. The number of nitrogens with zero attached hydrogens (tertiary/aromatic N) is 2. The lowest BCUT2D eigenvalue weighted by atomic mass is 9.81. The van der Waals surface area contributed by atoms with Gasteiger partial charge in [0.2, 0.25) is 0 Å². The number of nitrogens with one attached hydrogen (secondary N) is 1. The summed E-state index contributed by atoms with van der Waals surface area (Å²) in [6, 6.07) is 6.34. The summed E-state index contributed by atoms with van der Waals surface area (Å²) >= 11 is 0. The van der Waals surface area contributed by atoms with E-state index in [9.17, 15) is 5.26 Å². The third-order valence-electron chi connectivity index (χ3n) is 4.18. The van der Waals surface area contributed by atoms with Crippen molar-refractivity contribution < 1.29 is 0 Å². The molecular weight excluding hydrogens is 236 g/mol. The van der Waals surface area contributed by atoms with Crippen molar-refractivity contribution in [3.8, 4) is 6.19 Å². The first kappa shape index (κ1) is 10.7. The number of rotatable bonds is 0. The number of fused-ring (bicyclic) bond motifs is 2. The largest absolute Gasteiger partial charge is 0.361 e. The van der Waals surface area contributed by atoms with Crippen molar-refractivity contribution in [3.05, 3.63) is 41.6 Å². The van der Waals surface area contributed by atoms with Gasteiger partial charge in [-0.2, -0.15) is 5.26 Å². The first-order chi connectivity index (χ1) is 9.28. The summed E-state index contributed by atoms with van der Waals surface area (Å²) in [5.41, 5.74) is 10.9. The fourth-order valence-electron chi connectivity index (χ4n) is 3.38. The van der Waals surface area contributed by atoms with Gasteiger partial charge >= 0.3 is 0 Å². The second kappa shape index (κ2) is 3.62. The highest BCUT2D eigenvalue weighted by Gasteiger charge is 2.34. The van der Waals surface area contributed by atoms with Crippen LogP contribution in [0.4, 0.5) is 0 Å². The lowest BCUT2D eigenvalue weighted by molar-refractivity contribution is 0.317. The second-order valence-electron chi connectivity index (χ2n) is 5.30. The number of nitrogens with two attached hydrogens (primary N) is 1. The van der Waals surface area contributed by atoms with E-state index in [4.69, 9.17) is 5.73 Å². The molecule has 19 heavy (non-hydrogen) atoms. The molecule has 4 nitrogen and oxygen atoms in total. The van der Waals surface area contributed by atoms with Crippen LogP contribution in [0, 0.1) is 11.5 Å². The van der Waals surface area contributed by atoms with Crippen molar-refractivity contribution in [1.29, 1.82) is 5.26 Å². The molecule has 1 aromatic carbocycles. The molecular formula is C15H14N4. The van der Waals surface area contributed by atoms with Crippen LogP contribution in [0.3, 0.4) is 0 Å². The van der Waals surface area contributed by atoms with Crippen LogP contribution in [0.5, 0.6) is 0 Å². The fourth-order valence-corrected chi connectivity index (χ4v) is 3.38. The van der Waals surface area contributed by atoms with Crippen LogP contribution >= 0.6 is 0 Å². The van der Waals surface area contributed by atoms with Gasteiger partial charge in [-0.05, 0) is 29.2 Å². The predicted octanol–water partition coefficient (Wildman–Crippen LogP) is 1.60. The van der Waals surface area contributed by atoms with Crippen LogP contribution < -0.4 is 5.73 Å². The zero-order valence-corrected chi connectivity index (χ0v) is 10.4. The number of H-pyrrole nitrogens is 1. The van der Waals surface area contributed by atoms with Crippen LogP contribution in [-0.2, 0) is 6.42 Å². The summed E-state index contributed by atoms with van der Waals surface area (Å²) in [6.07, 6.45) is 7.36. The molecule has 3 N–H and O–H groups in total. The summed E-state index contributed by atoms with van der Waals surface area (Å²) in [5, 5.41) is 10.6. The Morgan fingerprint density at radius 3 is 3.16 bits per heavy atom. The van der Waals surface area contributed by atoms with Gasteiger partial charge in [-0.3, -0.25) is 0 Å². The molecule has 1 aliphatic heterocycles. The SMILES string of the molecule is N#CN1CC(N)C=C2c3cccc4[nH]cc(c34)C[C@H]21. The standard InChI is InChI=1S/C15H14N4/c16-8-19-7-10(17)5-12-11-2-1-3-13-15(11)9(6-18-13)4-14(12)19/h1-3,5-6,10,14,18H,4,7,17H2/t10?,14-/m1/s1. The van der Waals surface area contributed by atoms with Gasteiger partial charge in [0.05, 0.1) is 6.04 Å². The fraction of sp³-hybridized carbons (Fsp3) is 0.267. The summed E-state index contributed by atoms with van der Waals surface area (Å²) in [4.78, 5) is 5.13. The molecule has 0 saturated heterocycles. The van der Waals surface area contributed by atoms with Gasteiger partial charge in [-0.1, -0.05) is 18.2 Å². The van der Waals surface area contributed by atoms with E-state index in [2.05, 4.69) is 41.6 Å². The molecule has 0 fully saturated rings. The van der Waals surface area contributed by atoms with Crippen molar-refractivity contribution >= 4 is 16.5 Å². The maximum atomic E-state index is 9.33. The van der Waals surface area contributed by atoms with Gasteiger partial charge in [0.15, 0.2) is 6.19 Å². The van der Waals surface area contributed by atoms with E-state index in [-0.39, 0.29) is 12.1 Å². The molecule has 0 spiro atoms. The van der Waals surface area contributed by atoms with Crippen LogP contribution in [0.2, 0.25) is 0 Å². The second-order valence-corrected chi connectivity index (χ2v) is 5.30. The lowest BCUT2D eigenvalue weighted by Crippen LogP contribution is -2.46. The lowest BCUT2D eigenvalue weighted by Gasteiger charge is -2.37. The topological polar surface area (TPSA) is 68.8 Å². The van der Waals surface area contributed by atoms with Gasteiger partial charge < -0.3 is 15.6 Å². The Morgan fingerprint density at radius 1 is 1.42 bits per heavy atom. The number of aromatic amines is 1. The van der Waals surface area contributed by atoms with Gasteiger partial charge in [0, 0.05) is 29.7 Å². The zero-order valence-electron chi connectivity index (χ0n) is 10.4. The van der Waals surface area contributed by atoms with E-state index < -0.39 is 0 Å². The number of hydrogen-bond acceptors (Lipinski definition) is 3. The normalized spacial score (nSPS) is 24.8. The number of nitriles is 1. The minimum absolute atomic E-state index is 0.0679. The minimum atomic E-state index is -0.0679. The van der Waals surface area contributed by atoms with E-state index in [1.165, 1.54) is 22.1 Å². The number of hydrogen-bond donors (Lipinski definition) is 2. The van der Waals surface area contributed by atoms with Gasteiger partial charge in [0.25, 0.3) is 0 Å². The van der Waals surface area contributed by atoms with E-state index in [1.54, 1.807) is 0 Å². The van der Waals surface area contributed by atoms with Crippen LogP contribution in [0.1, 0.15) is 11.1 Å². The maximum absolute atomic E-state index is 9.33. The third kappa shape index (κ3) is 1.36. The Bertz CT molecular complexity index is 734. The molecule has 0 radical (unpaired) electrons. The first-order valence-electron chi connectivity index (χ1n) is 6.51. The summed E-state index contributed by atoms with van der Waals surface area (Å²) < 4.78 is 0. The molecule has 0 saturated carbocycles. The molecule has 4 heteroatoms. The summed E-state index contributed by atoms with van der Waals surface area (Å²) in [6.45, 7) is 0.612. The zero-order chi connectivity index (χ0) is 13.0. The Hall–Kier alpha value is -2.25. The van der Waals surface area contributed by atoms with E-state index in [1.807, 2.05) is 4.90 Å². The van der Waals surface area contributed by atoms with E-state index in [0.717, 1.165) is 11.9 Å². The molecule has 94 valence electrons. The van der Waals surface area contributed by atoms with Crippen molar-refractivity contribution in [2.24, 2.45) is 5.73 Å². The van der Waals surface area contributed by atoms with Crippen LogP contribution in [0.15, 0.2) is 30.5 Å². The van der Waals surface area contributed by atoms with Crippen molar-refractivity contribution in [2.45, 2.75) is 18.5 Å². The Labute approximate surface area is 111 Å². The Kier molecular flexibility index (Phi) is 2.03. The Morgan fingerprint density at radius 2 is 2.32 bits per heavy atom. The van der Waals surface area contributed by atoms with Gasteiger partial charge in [-0.25, -0.2) is 0 Å². The van der Waals surface area contributed by atoms with Crippen molar-refractivity contribution in [2.75, 3.05) is 6.54 Å². The molecule has 2 aliphatic rings. The van der Waals surface area contributed by atoms with Crippen molar-refractivity contribution in [3.63, 3.8) is 0 Å². The summed E-state index contributed by atoms with van der Waals surface area (Å²) in [5.74, 6) is 0. The highest BCUT2D eigenvalue weighted by Crippen LogP contribution is 2.39. The number of aromatic nitrogens is 1. The molecule has 2 aromatic rings. The molecule has 1 aromatic heterocycles. The smallest absolute Gasteiger partial charge is 0.179 e. The first-order valence-corrected chi connectivity index (χ1v) is 6.51. The molecule has 1 unspecified atom stereocenters. The molecule has 1 aliphatic carbocycles. The average Bonchev–Trinajstić information content (AvgIpc) is 2.84. The quantitative estimate of drug-likeness (QED) is 0.698. The van der Waals surface area contributed by atoms with Crippen LogP contribution in [-0.4, -0.2) is 28.5 Å². The van der Waals surface area contributed by atoms with E-state index >= 15 is 0 Å². The average molecular weight is 250 g/mol. The van der Waals surface area contributed by atoms with Gasteiger partial charge in [-0.15, -0.1) is 0 Å². The molecule has 2 heterocycles. The highest BCUT2D eigenvalue weighted by atomic mass is 15.2. The molecule has 0 amide bonds. The molecule has 0 bridgehead atoms. The third-order valence-corrected chi connectivity index (χ3v) is 4.18.